The first kappa shape index (κ1) is 14.0. The zero-order valence-electron chi connectivity index (χ0n) is 10.7. The van der Waals surface area contributed by atoms with Crippen LogP contribution in [0, 0.1) is 6.92 Å². The Balaban J connectivity index is 3.00. The SMILES string of the molecule is CCC(Nc1cc(C(=O)OC)ccc1C)C(=O)O. The van der Waals surface area contributed by atoms with Crippen LogP contribution in [-0.4, -0.2) is 30.2 Å². The Morgan fingerprint density at radius 2 is 2.11 bits per heavy atom. The monoisotopic (exact) mass is 251 g/mol. The van der Waals surface area contributed by atoms with Crippen LogP contribution in [0.3, 0.4) is 0 Å². The van der Waals surface area contributed by atoms with Crippen molar-refractivity contribution in [3.05, 3.63) is 29.3 Å². The molecule has 0 saturated carbocycles. The van der Waals surface area contributed by atoms with Crippen molar-refractivity contribution < 1.29 is 19.4 Å². The lowest BCUT2D eigenvalue weighted by atomic mass is 10.1. The molecule has 18 heavy (non-hydrogen) atoms. The third kappa shape index (κ3) is 3.23. The van der Waals surface area contributed by atoms with Crippen molar-refractivity contribution in [2.24, 2.45) is 0 Å². The quantitative estimate of drug-likeness (QED) is 0.783. The van der Waals surface area contributed by atoms with Gasteiger partial charge in [0, 0.05) is 5.69 Å². The number of aliphatic carboxylic acids is 1. The first-order chi connectivity index (χ1) is 8.49. The molecule has 1 rings (SSSR count). The number of anilines is 1. The van der Waals surface area contributed by atoms with Crippen LogP contribution in [0.2, 0.25) is 0 Å². The molecule has 5 heteroatoms. The third-order valence-corrected chi connectivity index (χ3v) is 2.69. The van der Waals surface area contributed by atoms with E-state index >= 15 is 0 Å². The van der Waals surface area contributed by atoms with Gasteiger partial charge in [0.1, 0.15) is 6.04 Å². The summed E-state index contributed by atoms with van der Waals surface area (Å²) >= 11 is 0. The third-order valence-electron chi connectivity index (χ3n) is 2.69. The number of methoxy groups -OCH3 is 1. The molecule has 0 aliphatic heterocycles. The summed E-state index contributed by atoms with van der Waals surface area (Å²) in [7, 11) is 1.31. The average Bonchev–Trinajstić information content (AvgIpc) is 2.36. The lowest BCUT2D eigenvalue weighted by Crippen LogP contribution is -2.28. The van der Waals surface area contributed by atoms with E-state index in [-0.39, 0.29) is 0 Å². The molecule has 0 fully saturated rings. The molecule has 98 valence electrons. The highest BCUT2D eigenvalue weighted by Gasteiger charge is 2.16. The highest BCUT2D eigenvalue weighted by atomic mass is 16.5. The molecule has 0 saturated heterocycles. The highest BCUT2D eigenvalue weighted by Crippen LogP contribution is 2.19. The topological polar surface area (TPSA) is 75.6 Å². The second-order valence-electron chi connectivity index (χ2n) is 3.96. The van der Waals surface area contributed by atoms with Gasteiger partial charge in [0.25, 0.3) is 0 Å². The summed E-state index contributed by atoms with van der Waals surface area (Å²) in [6.45, 7) is 3.63. The fourth-order valence-electron chi connectivity index (χ4n) is 1.55. The number of hydrogen-bond donors (Lipinski definition) is 2. The van der Waals surface area contributed by atoms with Gasteiger partial charge >= 0.3 is 11.9 Å². The minimum atomic E-state index is -0.916. The summed E-state index contributed by atoms with van der Waals surface area (Å²) in [6.07, 6.45) is 0.456. The predicted octanol–water partition coefficient (Wildman–Crippen LogP) is 2.06. The van der Waals surface area contributed by atoms with Crippen molar-refractivity contribution in [3.8, 4) is 0 Å². The van der Waals surface area contributed by atoms with Crippen LogP contribution in [-0.2, 0) is 9.53 Å². The first-order valence-corrected chi connectivity index (χ1v) is 5.67. The zero-order chi connectivity index (χ0) is 13.7. The Hall–Kier alpha value is -2.04. The number of ether oxygens (including phenoxy) is 1. The molecule has 1 aromatic carbocycles. The van der Waals surface area contributed by atoms with Gasteiger partial charge in [-0.15, -0.1) is 0 Å². The van der Waals surface area contributed by atoms with Crippen molar-refractivity contribution in [3.63, 3.8) is 0 Å². The zero-order valence-corrected chi connectivity index (χ0v) is 10.7. The Morgan fingerprint density at radius 3 is 2.61 bits per heavy atom. The molecule has 0 aliphatic rings. The van der Waals surface area contributed by atoms with Gasteiger partial charge in [-0.1, -0.05) is 13.0 Å². The van der Waals surface area contributed by atoms with Gasteiger partial charge in [-0.3, -0.25) is 0 Å². The molecular formula is C13H17NO4. The van der Waals surface area contributed by atoms with E-state index in [4.69, 9.17) is 5.11 Å². The summed E-state index contributed by atoms with van der Waals surface area (Å²) in [5, 5.41) is 11.9. The van der Waals surface area contributed by atoms with Crippen molar-refractivity contribution in [2.75, 3.05) is 12.4 Å². The number of nitrogens with one attached hydrogen (secondary N) is 1. The van der Waals surface area contributed by atoms with E-state index in [1.807, 2.05) is 6.92 Å². The number of benzene rings is 1. The number of rotatable bonds is 5. The van der Waals surface area contributed by atoms with E-state index < -0.39 is 18.0 Å². The fraction of sp³-hybridized carbons (Fsp3) is 0.385. The van der Waals surface area contributed by atoms with Gasteiger partial charge in [-0.05, 0) is 31.0 Å². The summed E-state index contributed by atoms with van der Waals surface area (Å²) in [6, 6.07) is 4.33. The highest BCUT2D eigenvalue weighted by molar-refractivity contribution is 5.91. The van der Waals surface area contributed by atoms with Crippen molar-refractivity contribution in [1.29, 1.82) is 0 Å². The van der Waals surface area contributed by atoms with Crippen LogP contribution in [0.4, 0.5) is 5.69 Å². The molecule has 1 aromatic rings. The molecule has 5 nitrogen and oxygen atoms in total. The van der Waals surface area contributed by atoms with Gasteiger partial charge in [0.05, 0.1) is 12.7 Å². The number of carbonyl (C=O) groups is 2. The number of carboxylic acids is 1. The van der Waals surface area contributed by atoms with Gasteiger partial charge in [-0.25, -0.2) is 9.59 Å². The van der Waals surface area contributed by atoms with E-state index in [0.717, 1.165) is 5.56 Å². The maximum absolute atomic E-state index is 11.4. The summed E-state index contributed by atoms with van der Waals surface area (Å²) in [4.78, 5) is 22.4. The number of esters is 1. The van der Waals surface area contributed by atoms with Crippen LogP contribution in [0.15, 0.2) is 18.2 Å². The maximum Gasteiger partial charge on any atom is 0.337 e. The Kier molecular flexibility index (Phi) is 4.71. The molecule has 0 aromatic heterocycles. The average molecular weight is 251 g/mol. The standard InChI is InChI=1S/C13H17NO4/c1-4-10(12(15)16)14-11-7-9(13(17)18-3)6-5-8(11)2/h5-7,10,14H,4H2,1-3H3,(H,15,16). The van der Waals surface area contributed by atoms with E-state index in [0.29, 0.717) is 17.7 Å². The van der Waals surface area contributed by atoms with Crippen molar-refractivity contribution in [1.82, 2.24) is 0 Å². The second kappa shape index (κ2) is 6.05. The normalized spacial score (nSPS) is 11.7. The van der Waals surface area contributed by atoms with E-state index in [1.165, 1.54) is 7.11 Å². The minimum absolute atomic E-state index is 0.394. The maximum atomic E-state index is 11.4. The molecule has 0 aliphatic carbocycles. The Morgan fingerprint density at radius 1 is 1.44 bits per heavy atom. The van der Waals surface area contributed by atoms with E-state index in [9.17, 15) is 9.59 Å². The molecule has 2 N–H and O–H groups in total. The molecule has 0 radical (unpaired) electrons. The Labute approximate surface area is 106 Å². The van der Waals surface area contributed by atoms with E-state index in [1.54, 1.807) is 25.1 Å². The molecule has 0 heterocycles. The number of hydrogen-bond acceptors (Lipinski definition) is 4. The summed E-state index contributed by atoms with van der Waals surface area (Å²) in [5.74, 6) is -1.36. The lowest BCUT2D eigenvalue weighted by Gasteiger charge is -2.16. The molecule has 0 amide bonds. The van der Waals surface area contributed by atoms with Crippen LogP contribution in [0.25, 0.3) is 0 Å². The van der Waals surface area contributed by atoms with Gasteiger partial charge in [-0.2, -0.15) is 0 Å². The minimum Gasteiger partial charge on any atom is -0.480 e. The van der Waals surface area contributed by atoms with Gasteiger partial charge in [0.15, 0.2) is 0 Å². The summed E-state index contributed by atoms with van der Waals surface area (Å²) < 4.78 is 4.63. The lowest BCUT2D eigenvalue weighted by molar-refractivity contribution is -0.137. The van der Waals surface area contributed by atoms with Gasteiger partial charge in [0.2, 0.25) is 0 Å². The fourth-order valence-corrected chi connectivity index (χ4v) is 1.55. The number of carbonyl (C=O) groups excluding carboxylic acids is 1. The molecular weight excluding hydrogens is 234 g/mol. The second-order valence-corrected chi connectivity index (χ2v) is 3.96. The largest absolute Gasteiger partial charge is 0.480 e. The first-order valence-electron chi connectivity index (χ1n) is 5.67. The molecule has 0 bridgehead atoms. The molecule has 0 spiro atoms. The van der Waals surface area contributed by atoms with Crippen LogP contribution < -0.4 is 5.32 Å². The van der Waals surface area contributed by atoms with Crippen molar-refractivity contribution in [2.45, 2.75) is 26.3 Å². The number of aryl methyl sites for hydroxylation is 1. The smallest absolute Gasteiger partial charge is 0.337 e. The Bertz CT molecular complexity index is 456. The van der Waals surface area contributed by atoms with Crippen molar-refractivity contribution >= 4 is 17.6 Å². The van der Waals surface area contributed by atoms with E-state index in [2.05, 4.69) is 10.1 Å². The number of carboxylic acid groups (broad SMARTS) is 1. The molecule has 1 atom stereocenters. The summed E-state index contributed by atoms with van der Waals surface area (Å²) in [5.41, 5.74) is 1.90. The van der Waals surface area contributed by atoms with Crippen LogP contribution in [0.1, 0.15) is 29.3 Å². The van der Waals surface area contributed by atoms with Crippen LogP contribution in [0.5, 0.6) is 0 Å². The van der Waals surface area contributed by atoms with Crippen LogP contribution >= 0.6 is 0 Å². The predicted molar refractivity (Wildman–Crippen MR) is 67.9 cm³/mol. The van der Waals surface area contributed by atoms with Gasteiger partial charge < -0.3 is 15.2 Å². The molecule has 1 unspecified atom stereocenters.